The van der Waals surface area contributed by atoms with Gasteiger partial charge in [0, 0.05) is 25.7 Å². The van der Waals surface area contributed by atoms with E-state index in [0.717, 1.165) is 25.2 Å². The molecule has 0 bridgehead atoms. The number of carbonyl (C=O) groups is 1. The van der Waals surface area contributed by atoms with Crippen LogP contribution in [-0.4, -0.2) is 48.2 Å². The number of carbonyl (C=O) groups excluding carboxylic acids is 1. The van der Waals surface area contributed by atoms with E-state index in [4.69, 9.17) is 5.11 Å². The molecule has 23 heavy (non-hydrogen) atoms. The minimum atomic E-state index is -0.446. The maximum Gasteiger partial charge on any atom is 0.245 e. The second kappa shape index (κ2) is 7.23. The molecule has 1 amide bonds. The fraction of sp³-hybridized carbons (Fsp3) is 0.500. The second-order valence-electron chi connectivity index (χ2n) is 6.51. The first-order chi connectivity index (χ1) is 11.2. The largest absolute Gasteiger partial charge is 0.387 e. The zero-order valence-corrected chi connectivity index (χ0v) is 13.1. The van der Waals surface area contributed by atoms with Crippen molar-refractivity contribution in [2.45, 2.75) is 18.9 Å². The molecule has 1 heterocycles. The quantitative estimate of drug-likeness (QED) is 0.839. The molecule has 0 unspecified atom stereocenters. The maximum atomic E-state index is 12.9. The molecule has 5 heteroatoms. The Balaban J connectivity index is 1.54. The first kappa shape index (κ1) is 16.1. The molecule has 3 rings (SSSR count). The number of aliphatic hydroxyl groups excluding tert-OH is 1. The van der Waals surface area contributed by atoms with Crippen molar-refractivity contribution in [3.63, 3.8) is 0 Å². The molecule has 1 saturated carbocycles. The van der Waals surface area contributed by atoms with Gasteiger partial charge in [0.25, 0.3) is 0 Å². The SMILES string of the molecule is O=C(CO)N[C@H]1CN(CC=Cc2ccc(F)cc2)C[C@@H]1C1CC1. The molecule has 0 spiro atoms. The van der Waals surface area contributed by atoms with Gasteiger partial charge in [0.2, 0.25) is 5.91 Å². The highest BCUT2D eigenvalue weighted by Crippen LogP contribution is 2.41. The van der Waals surface area contributed by atoms with E-state index in [1.165, 1.54) is 25.0 Å². The molecule has 0 radical (unpaired) electrons. The van der Waals surface area contributed by atoms with E-state index in [1.54, 1.807) is 12.1 Å². The number of nitrogens with zero attached hydrogens (tertiary/aromatic N) is 1. The van der Waals surface area contributed by atoms with Crippen LogP contribution in [0.1, 0.15) is 18.4 Å². The monoisotopic (exact) mass is 318 g/mol. The first-order valence-corrected chi connectivity index (χ1v) is 8.20. The number of benzene rings is 1. The van der Waals surface area contributed by atoms with Gasteiger partial charge < -0.3 is 10.4 Å². The van der Waals surface area contributed by atoms with Crippen LogP contribution in [0.3, 0.4) is 0 Å². The number of likely N-dealkylation sites (tertiary alicyclic amines) is 1. The van der Waals surface area contributed by atoms with Crippen molar-refractivity contribution < 1.29 is 14.3 Å². The molecule has 124 valence electrons. The number of aliphatic hydroxyl groups is 1. The van der Waals surface area contributed by atoms with E-state index < -0.39 is 6.61 Å². The van der Waals surface area contributed by atoms with E-state index in [1.807, 2.05) is 6.08 Å². The molecular formula is C18H23FN2O2. The normalized spacial score (nSPS) is 25.1. The lowest BCUT2D eigenvalue weighted by atomic mass is 9.98. The molecular weight excluding hydrogens is 295 g/mol. The number of hydrogen-bond acceptors (Lipinski definition) is 3. The molecule has 1 aliphatic carbocycles. The van der Waals surface area contributed by atoms with Gasteiger partial charge in [0.1, 0.15) is 12.4 Å². The Bertz CT molecular complexity index is 569. The summed E-state index contributed by atoms with van der Waals surface area (Å²) in [6.07, 6.45) is 6.56. The molecule has 2 N–H and O–H groups in total. The Labute approximate surface area is 136 Å². The maximum absolute atomic E-state index is 12.9. The fourth-order valence-corrected chi connectivity index (χ4v) is 3.38. The van der Waals surface area contributed by atoms with Gasteiger partial charge in [0.15, 0.2) is 0 Å². The molecule has 2 fully saturated rings. The summed E-state index contributed by atoms with van der Waals surface area (Å²) in [4.78, 5) is 13.8. The molecule has 2 aliphatic rings. The van der Waals surface area contributed by atoms with Crippen LogP contribution in [0.2, 0.25) is 0 Å². The van der Waals surface area contributed by atoms with Crippen LogP contribution in [0.5, 0.6) is 0 Å². The van der Waals surface area contributed by atoms with Crippen molar-refractivity contribution in [3.8, 4) is 0 Å². The average molecular weight is 318 g/mol. The van der Waals surface area contributed by atoms with Gasteiger partial charge in [0.05, 0.1) is 0 Å². The Morgan fingerprint density at radius 2 is 2.04 bits per heavy atom. The van der Waals surface area contributed by atoms with Crippen LogP contribution >= 0.6 is 0 Å². The summed E-state index contributed by atoms with van der Waals surface area (Å²) in [5.74, 6) is 0.690. The number of hydrogen-bond donors (Lipinski definition) is 2. The van der Waals surface area contributed by atoms with Crippen LogP contribution in [0, 0.1) is 17.7 Å². The smallest absolute Gasteiger partial charge is 0.245 e. The molecule has 2 atom stereocenters. The Morgan fingerprint density at radius 1 is 1.30 bits per heavy atom. The van der Waals surface area contributed by atoms with Crippen LogP contribution < -0.4 is 5.32 Å². The van der Waals surface area contributed by atoms with E-state index >= 15 is 0 Å². The minimum absolute atomic E-state index is 0.140. The highest BCUT2D eigenvalue weighted by molar-refractivity contribution is 5.77. The summed E-state index contributed by atoms with van der Waals surface area (Å²) < 4.78 is 12.9. The molecule has 1 saturated heterocycles. The molecule has 0 aromatic heterocycles. The Morgan fingerprint density at radius 3 is 2.70 bits per heavy atom. The fourth-order valence-electron chi connectivity index (χ4n) is 3.38. The summed E-state index contributed by atoms with van der Waals surface area (Å²) in [7, 11) is 0. The van der Waals surface area contributed by atoms with E-state index in [2.05, 4.69) is 16.3 Å². The lowest BCUT2D eigenvalue weighted by Gasteiger charge is -2.18. The van der Waals surface area contributed by atoms with Crippen LogP contribution in [0.25, 0.3) is 6.08 Å². The summed E-state index contributed by atoms with van der Waals surface area (Å²) in [6, 6.07) is 6.57. The zero-order chi connectivity index (χ0) is 16.2. The standard InChI is InChI=1S/C18H23FN2O2/c19-15-7-3-13(4-8-15)2-1-9-21-10-16(14-5-6-14)17(11-21)20-18(23)12-22/h1-4,7-8,14,16-17,22H,5-6,9-12H2,(H,20,23)/t16-,17+/m1/s1. The van der Waals surface area contributed by atoms with E-state index in [-0.39, 0.29) is 17.8 Å². The van der Waals surface area contributed by atoms with Crippen LogP contribution in [-0.2, 0) is 4.79 Å². The highest BCUT2D eigenvalue weighted by Gasteiger charge is 2.42. The zero-order valence-electron chi connectivity index (χ0n) is 13.1. The third kappa shape index (κ3) is 4.39. The highest BCUT2D eigenvalue weighted by atomic mass is 19.1. The lowest BCUT2D eigenvalue weighted by molar-refractivity contribution is -0.124. The van der Waals surface area contributed by atoms with Gasteiger partial charge in [-0.2, -0.15) is 0 Å². The van der Waals surface area contributed by atoms with Crippen molar-refractivity contribution in [2.75, 3.05) is 26.2 Å². The van der Waals surface area contributed by atoms with Crippen molar-refractivity contribution in [1.82, 2.24) is 10.2 Å². The van der Waals surface area contributed by atoms with Gasteiger partial charge in [-0.1, -0.05) is 24.3 Å². The average Bonchev–Trinajstić information content (AvgIpc) is 3.32. The predicted molar refractivity (Wildman–Crippen MR) is 87.1 cm³/mol. The Kier molecular flexibility index (Phi) is 5.08. The van der Waals surface area contributed by atoms with Crippen LogP contribution in [0.15, 0.2) is 30.3 Å². The number of nitrogens with one attached hydrogen (secondary N) is 1. The van der Waals surface area contributed by atoms with Crippen molar-refractivity contribution in [3.05, 3.63) is 41.7 Å². The summed E-state index contributed by atoms with van der Waals surface area (Å²) in [5, 5.41) is 11.9. The van der Waals surface area contributed by atoms with Gasteiger partial charge in [-0.25, -0.2) is 4.39 Å². The summed E-state index contributed by atoms with van der Waals surface area (Å²) in [5.41, 5.74) is 0.981. The summed E-state index contributed by atoms with van der Waals surface area (Å²) in [6.45, 7) is 2.17. The van der Waals surface area contributed by atoms with Crippen LogP contribution in [0.4, 0.5) is 4.39 Å². The number of rotatable bonds is 6. The van der Waals surface area contributed by atoms with Crippen molar-refractivity contribution >= 4 is 12.0 Å². The Hall–Kier alpha value is -1.72. The summed E-state index contributed by atoms with van der Waals surface area (Å²) >= 11 is 0. The predicted octanol–water partition coefficient (Wildman–Crippen LogP) is 1.66. The van der Waals surface area contributed by atoms with Gasteiger partial charge in [-0.3, -0.25) is 9.69 Å². The molecule has 1 aromatic rings. The van der Waals surface area contributed by atoms with E-state index in [0.29, 0.717) is 11.8 Å². The van der Waals surface area contributed by atoms with Gasteiger partial charge in [-0.15, -0.1) is 0 Å². The molecule has 4 nitrogen and oxygen atoms in total. The minimum Gasteiger partial charge on any atom is -0.387 e. The lowest BCUT2D eigenvalue weighted by Crippen LogP contribution is -2.42. The van der Waals surface area contributed by atoms with Crippen molar-refractivity contribution in [1.29, 1.82) is 0 Å². The molecule has 1 aromatic carbocycles. The second-order valence-corrected chi connectivity index (χ2v) is 6.51. The third-order valence-electron chi connectivity index (χ3n) is 4.70. The topological polar surface area (TPSA) is 52.6 Å². The molecule has 1 aliphatic heterocycles. The number of amides is 1. The number of halogens is 1. The van der Waals surface area contributed by atoms with Crippen molar-refractivity contribution in [2.24, 2.45) is 11.8 Å². The third-order valence-corrected chi connectivity index (χ3v) is 4.70. The van der Waals surface area contributed by atoms with Gasteiger partial charge >= 0.3 is 0 Å². The first-order valence-electron chi connectivity index (χ1n) is 8.20. The van der Waals surface area contributed by atoms with E-state index in [9.17, 15) is 9.18 Å². The van der Waals surface area contributed by atoms with Gasteiger partial charge in [-0.05, 0) is 42.4 Å².